The average Bonchev–Trinajstić information content (AvgIpc) is 2.76. The predicted octanol–water partition coefficient (Wildman–Crippen LogP) is 3.54. The molecule has 6 heteroatoms. The van der Waals surface area contributed by atoms with Gasteiger partial charge in [0.1, 0.15) is 5.15 Å². The molecule has 2 heterocycles. The van der Waals surface area contributed by atoms with E-state index in [9.17, 15) is 8.42 Å². The van der Waals surface area contributed by atoms with Gasteiger partial charge in [0.25, 0.3) is 10.0 Å². The van der Waals surface area contributed by atoms with E-state index < -0.39 is 10.0 Å². The molecule has 3 rings (SSSR count). The Hall–Kier alpha value is -1.85. The largest absolute Gasteiger partial charge is 0.268 e. The van der Waals surface area contributed by atoms with Crippen molar-refractivity contribution in [2.75, 3.05) is 0 Å². The first-order valence-electron chi connectivity index (χ1n) is 6.35. The quantitative estimate of drug-likeness (QED) is 0.679. The van der Waals surface area contributed by atoms with Crippen LogP contribution in [0.3, 0.4) is 0 Å². The van der Waals surface area contributed by atoms with Crippen LogP contribution in [0.5, 0.6) is 0 Å². The number of rotatable bonds is 2. The number of pyridine rings is 1. The standard InChI is InChI=1S/C15H13ClN2O2S/c1-10-3-5-12(6-4-10)21(19,20)18-9-11(2)13-8-17-15(16)7-14(13)18/h3-9H,1-2H3. The highest BCUT2D eigenvalue weighted by Crippen LogP contribution is 2.26. The molecule has 3 aromatic rings. The first kappa shape index (κ1) is 14.1. The SMILES string of the molecule is Cc1ccc(S(=O)(=O)n2cc(C)c3cnc(Cl)cc32)cc1. The monoisotopic (exact) mass is 320 g/mol. The van der Waals surface area contributed by atoms with Crippen LogP contribution in [0, 0.1) is 13.8 Å². The highest BCUT2D eigenvalue weighted by molar-refractivity contribution is 7.90. The van der Waals surface area contributed by atoms with Gasteiger partial charge in [-0.3, -0.25) is 0 Å². The van der Waals surface area contributed by atoms with E-state index in [1.807, 2.05) is 13.8 Å². The van der Waals surface area contributed by atoms with Crippen molar-refractivity contribution in [2.24, 2.45) is 0 Å². The summed E-state index contributed by atoms with van der Waals surface area (Å²) < 4.78 is 26.8. The van der Waals surface area contributed by atoms with E-state index in [4.69, 9.17) is 11.6 Å². The molecule has 0 spiro atoms. The van der Waals surface area contributed by atoms with E-state index in [2.05, 4.69) is 4.98 Å². The van der Waals surface area contributed by atoms with Crippen molar-refractivity contribution in [3.05, 3.63) is 59.0 Å². The van der Waals surface area contributed by atoms with Crippen LogP contribution in [-0.4, -0.2) is 17.4 Å². The molecule has 0 amide bonds. The Bertz CT molecular complexity index is 928. The minimum Gasteiger partial charge on any atom is -0.244 e. The minimum atomic E-state index is -3.65. The fourth-order valence-corrected chi connectivity index (χ4v) is 3.81. The van der Waals surface area contributed by atoms with Crippen LogP contribution in [0.25, 0.3) is 10.9 Å². The zero-order valence-electron chi connectivity index (χ0n) is 11.5. The second-order valence-corrected chi connectivity index (χ2v) is 7.15. The molecule has 2 aromatic heterocycles. The van der Waals surface area contributed by atoms with Gasteiger partial charge >= 0.3 is 0 Å². The van der Waals surface area contributed by atoms with Crippen LogP contribution in [0.15, 0.2) is 47.6 Å². The molecule has 0 aliphatic heterocycles. The molecule has 0 aliphatic rings. The summed E-state index contributed by atoms with van der Waals surface area (Å²) in [6.45, 7) is 3.76. The smallest absolute Gasteiger partial charge is 0.244 e. The van der Waals surface area contributed by atoms with Gasteiger partial charge in [-0.2, -0.15) is 0 Å². The first-order chi connectivity index (χ1) is 9.89. The minimum absolute atomic E-state index is 0.248. The molecule has 108 valence electrons. The first-order valence-corrected chi connectivity index (χ1v) is 8.17. The lowest BCUT2D eigenvalue weighted by Crippen LogP contribution is -2.11. The van der Waals surface area contributed by atoms with E-state index in [1.165, 1.54) is 3.97 Å². The molecule has 0 unspecified atom stereocenters. The summed E-state index contributed by atoms with van der Waals surface area (Å²) in [5.74, 6) is 0. The van der Waals surface area contributed by atoms with Gasteiger partial charge < -0.3 is 0 Å². The van der Waals surface area contributed by atoms with Gasteiger partial charge in [0, 0.05) is 23.8 Å². The summed E-state index contributed by atoms with van der Waals surface area (Å²) in [7, 11) is -3.65. The van der Waals surface area contributed by atoms with Gasteiger partial charge in [0.15, 0.2) is 0 Å². The number of halogens is 1. The van der Waals surface area contributed by atoms with Gasteiger partial charge in [0.2, 0.25) is 0 Å². The van der Waals surface area contributed by atoms with Gasteiger partial charge in [-0.05, 0) is 31.5 Å². The Morgan fingerprint density at radius 1 is 1.14 bits per heavy atom. The molecular formula is C15H13ClN2O2S. The second kappa shape index (κ2) is 4.86. The van der Waals surface area contributed by atoms with E-state index >= 15 is 0 Å². The molecule has 0 N–H and O–H groups in total. The third-order valence-electron chi connectivity index (χ3n) is 3.40. The van der Waals surface area contributed by atoms with Crippen molar-refractivity contribution in [3.8, 4) is 0 Å². The lowest BCUT2D eigenvalue weighted by Gasteiger charge is -2.08. The lowest BCUT2D eigenvalue weighted by molar-refractivity contribution is 0.589. The van der Waals surface area contributed by atoms with Crippen molar-refractivity contribution in [3.63, 3.8) is 0 Å². The van der Waals surface area contributed by atoms with E-state index in [1.54, 1.807) is 42.7 Å². The summed E-state index contributed by atoms with van der Waals surface area (Å²) in [6.07, 6.45) is 3.19. The molecule has 0 saturated carbocycles. The summed E-state index contributed by atoms with van der Waals surface area (Å²) >= 11 is 5.90. The predicted molar refractivity (Wildman–Crippen MR) is 83.2 cm³/mol. The van der Waals surface area contributed by atoms with Crippen molar-refractivity contribution in [2.45, 2.75) is 18.7 Å². The Kier molecular flexibility index (Phi) is 3.26. The summed E-state index contributed by atoms with van der Waals surface area (Å²) in [5.41, 5.74) is 2.38. The molecule has 0 bridgehead atoms. The molecule has 0 radical (unpaired) electrons. The number of fused-ring (bicyclic) bond motifs is 1. The molecule has 21 heavy (non-hydrogen) atoms. The molecular weight excluding hydrogens is 308 g/mol. The van der Waals surface area contributed by atoms with Crippen molar-refractivity contribution >= 4 is 32.5 Å². The molecule has 0 saturated heterocycles. The zero-order chi connectivity index (χ0) is 15.2. The molecule has 4 nitrogen and oxygen atoms in total. The maximum absolute atomic E-state index is 12.8. The normalized spacial score (nSPS) is 12.0. The van der Waals surface area contributed by atoms with E-state index in [-0.39, 0.29) is 10.0 Å². The van der Waals surface area contributed by atoms with Gasteiger partial charge in [-0.1, -0.05) is 29.3 Å². The lowest BCUT2D eigenvalue weighted by atomic mass is 10.2. The van der Waals surface area contributed by atoms with Crippen LogP contribution in [0.1, 0.15) is 11.1 Å². The summed E-state index contributed by atoms with van der Waals surface area (Å²) in [5, 5.41) is 1.04. The number of nitrogens with zero attached hydrogens (tertiary/aromatic N) is 2. The summed E-state index contributed by atoms with van der Waals surface area (Å²) in [6, 6.07) is 8.33. The molecule has 1 aromatic carbocycles. The average molecular weight is 321 g/mol. The van der Waals surface area contributed by atoms with Gasteiger partial charge in [-0.15, -0.1) is 0 Å². The van der Waals surface area contributed by atoms with Crippen LogP contribution in [0.4, 0.5) is 0 Å². The van der Waals surface area contributed by atoms with E-state index in [0.29, 0.717) is 5.52 Å². The van der Waals surface area contributed by atoms with Crippen LogP contribution in [-0.2, 0) is 10.0 Å². The maximum atomic E-state index is 12.8. The van der Waals surface area contributed by atoms with Gasteiger partial charge in [0.05, 0.1) is 10.4 Å². The third kappa shape index (κ3) is 2.32. The van der Waals surface area contributed by atoms with Crippen LogP contribution >= 0.6 is 11.6 Å². The highest BCUT2D eigenvalue weighted by atomic mass is 35.5. The fourth-order valence-electron chi connectivity index (χ4n) is 2.24. The second-order valence-electron chi connectivity index (χ2n) is 4.95. The number of hydrogen-bond acceptors (Lipinski definition) is 3. The van der Waals surface area contributed by atoms with Crippen molar-refractivity contribution in [1.29, 1.82) is 0 Å². The van der Waals surface area contributed by atoms with E-state index in [0.717, 1.165) is 16.5 Å². The van der Waals surface area contributed by atoms with Crippen LogP contribution < -0.4 is 0 Å². The maximum Gasteiger partial charge on any atom is 0.268 e. The molecule has 0 fully saturated rings. The Morgan fingerprint density at radius 2 is 1.81 bits per heavy atom. The van der Waals surface area contributed by atoms with Gasteiger partial charge in [-0.25, -0.2) is 17.4 Å². The Labute approximate surface area is 128 Å². The van der Waals surface area contributed by atoms with Crippen molar-refractivity contribution in [1.82, 2.24) is 8.96 Å². The molecule has 0 aliphatic carbocycles. The Morgan fingerprint density at radius 3 is 2.48 bits per heavy atom. The highest BCUT2D eigenvalue weighted by Gasteiger charge is 2.20. The fraction of sp³-hybridized carbons (Fsp3) is 0.133. The van der Waals surface area contributed by atoms with Crippen molar-refractivity contribution < 1.29 is 8.42 Å². The number of benzene rings is 1. The zero-order valence-corrected chi connectivity index (χ0v) is 13.1. The number of aryl methyl sites for hydroxylation is 2. The third-order valence-corrected chi connectivity index (χ3v) is 5.29. The topological polar surface area (TPSA) is 52.0 Å². The number of aromatic nitrogens is 2. The Balaban J connectivity index is 2.28. The van der Waals surface area contributed by atoms with Crippen LogP contribution in [0.2, 0.25) is 5.15 Å². The molecule has 0 atom stereocenters. The summed E-state index contributed by atoms with van der Waals surface area (Å²) in [4.78, 5) is 4.25. The number of hydrogen-bond donors (Lipinski definition) is 0.